The molecule has 2 aromatic carbocycles. The van der Waals surface area contributed by atoms with Gasteiger partial charge in [-0.1, -0.05) is 30.3 Å². The fraction of sp³-hybridized carbons (Fsp3) is 0.222. The summed E-state index contributed by atoms with van der Waals surface area (Å²) >= 11 is 1.57. The number of nitrogens with zero attached hydrogens (tertiary/aromatic N) is 2. The number of carbonyl (C=O) groups excluding carboxylic acids is 1. The fourth-order valence-electron chi connectivity index (χ4n) is 4.54. The average molecular weight is 470 g/mol. The number of carbonyl (C=O) groups is 1. The number of nitrogens with one attached hydrogen (secondary N) is 1. The molecule has 1 aliphatic carbocycles. The number of esters is 1. The van der Waals surface area contributed by atoms with Gasteiger partial charge < -0.3 is 14.1 Å². The Morgan fingerprint density at radius 2 is 1.97 bits per heavy atom. The number of fused-ring (bicyclic) bond motifs is 3. The van der Waals surface area contributed by atoms with E-state index in [0.717, 1.165) is 58.8 Å². The van der Waals surface area contributed by atoms with Crippen molar-refractivity contribution < 1.29 is 13.9 Å². The minimum Gasteiger partial charge on any atom is -0.462 e. The lowest BCUT2D eigenvalue weighted by Crippen LogP contribution is -2.10. The van der Waals surface area contributed by atoms with Gasteiger partial charge in [0.2, 0.25) is 5.55 Å². The number of para-hydroxylation sites is 3. The molecule has 0 amide bonds. The van der Waals surface area contributed by atoms with Gasteiger partial charge in [0.05, 0.1) is 28.8 Å². The predicted molar refractivity (Wildman–Crippen MR) is 133 cm³/mol. The van der Waals surface area contributed by atoms with Crippen molar-refractivity contribution in [3.63, 3.8) is 0 Å². The SMILES string of the molecule is CCOC(=O)c1c(/N=c2\oc3ccccc3cc2-c2nc3ccccc3[nH]2)sc2c1CCCC2. The highest BCUT2D eigenvalue weighted by molar-refractivity contribution is 7.16. The summed E-state index contributed by atoms with van der Waals surface area (Å²) < 4.78 is 11.7. The molecule has 0 saturated heterocycles. The highest BCUT2D eigenvalue weighted by atomic mass is 32.1. The summed E-state index contributed by atoms with van der Waals surface area (Å²) in [5.41, 5.74) is 5.36. The molecule has 3 aromatic heterocycles. The summed E-state index contributed by atoms with van der Waals surface area (Å²) in [5, 5.41) is 1.59. The zero-order valence-corrected chi connectivity index (χ0v) is 19.6. The number of hydrogen-bond acceptors (Lipinski definition) is 6. The van der Waals surface area contributed by atoms with Crippen molar-refractivity contribution in [3.8, 4) is 11.4 Å². The third-order valence-electron chi connectivity index (χ3n) is 6.14. The van der Waals surface area contributed by atoms with Crippen LogP contribution in [0.4, 0.5) is 5.00 Å². The molecule has 0 spiro atoms. The molecule has 5 aromatic rings. The maximum absolute atomic E-state index is 12.9. The Bertz CT molecular complexity index is 1580. The first-order chi connectivity index (χ1) is 16.7. The first-order valence-electron chi connectivity index (χ1n) is 11.6. The molecule has 0 atom stereocenters. The molecular formula is C27H23N3O3S. The average Bonchev–Trinajstić information content (AvgIpc) is 3.45. The van der Waals surface area contributed by atoms with Gasteiger partial charge in [-0.3, -0.25) is 0 Å². The van der Waals surface area contributed by atoms with E-state index in [2.05, 4.69) is 4.98 Å². The van der Waals surface area contributed by atoms with Crippen LogP contribution in [-0.2, 0) is 17.6 Å². The van der Waals surface area contributed by atoms with E-state index in [1.807, 2.05) is 61.5 Å². The van der Waals surface area contributed by atoms with Crippen LogP contribution in [0.1, 0.15) is 40.6 Å². The van der Waals surface area contributed by atoms with E-state index in [9.17, 15) is 4.79 Å². The summed E-state index contributed by atoms with van der Waals surface area (Å²) in [6.07, 6.45) is 4.04. The number of aromatic amines is 1. The van der Waals surface area contributed by atoms with Gasteiger partial charge in [-0.25, -0.2) is 14.8 Å². The van der Waals surface area contributed by atoms with Crippen molar-refractivity contribution in [2.45, 2.75) is 32.6 Å². The van der Waals surface area contributed by atoms with E-state index in [1.54, 1.807) is 11.3 Å². The largest absolute Gasteiger partial charge is 0.462 e. The predicted octanol–water partition coefficient (Wildman–Crippen LogP) is 6.33. The Balaban J connectivity index is 1.61. The van der Waals surface area contributed by atoms with Gasteiger partial charge in [0.15, 0.2) is 0 Å². The molecule has 0 radical (unpaired) electrons. The number of hydrogen-bond donors (Lipinski definition) is 1. The first kappa shape index (κ1) is 20.9. The number of imidazole rings is 1. The third-order valence-corrected chi connectivity index (χ3v) is 7.32. The van der Waals surface area contributed by atoms with Crippen LogP contribution in [0.15, 0.2) is 64.0 Å². The number of thiophene rings is 1. The lowest BCUT2D eigenvalue weighted by atomic mass is 9.95. The van der Waals surface area contributed by atoms with Gasteiger partial charge in [0.1, 0.15) is 16.4 Å². The summed E-state index contributed by atoms with van der Waals surface area (Å²) in [5.74, 6) is 0.361. The van der Waals surface area contributed by atoms with Crippen LogP contribution in [0.25, 0.3) is 33.4 Å². The maximum atomic E-state index is 12.9. The van der Waals surface area contributed by atoms with E-state index >= 15 is 0 Å². The Hall–Kier alpha value is -3.71. The number of ether oxygens (including phenoxy) is 1. The standard InChI is InChI=1S/C27H23N3O3S/c1-2-32-27(31)23-17-10-4-8-14-22(17)34-26(23)30-25-18(15-16-9-3-7-13-21(16)33-25)24-28-19-11-5-6-12-20(19)29-24/h3,5-7,9,11-13,15H,2,4,8,10,14H2,1H3,(H,28,29)/b30-25-. The molecule has 1 N–H and O–H groups in total. The van der Waals surface area contributed by atoms with Crippen molar-refractivity contribution >= 4 is 44.3 Å². The Morgan fingerprint density at radius 1 is 1.15 bits per heavy atom. The van der Waals surface area contributed by atoms with Crippen molar-refractivity contribution in [1.82, 2.24) is 9.97 Å². The van der Waals surface area contributed by atoms with Crippen LogP contribution in [-0.4, -0.2) is 22.5 Å². The van der Waals surface area contributed by atoms with Gasteiger partial charge in [0.25, 0.3) is 0 Å². The zero-order valence-electron chi connectivity index (χ0n) is 18.8. The number of rotatable bonds is 4. The number of benzene rings is 2. The van der Waals surface area contributed by atoms with Gasteiger partial charge in [0, 0.05) is 10.3 Å². The molecule has 34 heavy (non-hydrogen) atoms. The van der Waals surface area contributed by atoms with Crippen molar-refractivity contribution in [2.75, 3.05) is 6.61 Å². The highest BCUT2D eigenvalue weighted by Gasteiger charge is 2.26. The van der Waals surface area contributed by atoms with Crippen LogP contribution in [0.2, 0.25) is 0 Å². The highest BCUT2D eigenvalue weighted by Crippen LogP contribution is 2.40. The van der Waals surface area contributed by atoms with Crippen LogP contribution >= 0.6 is 11.3 Å². The molecule has 0 aliphatic heterocycles. The first-order valence-corrected chi connectivity index (χ1v) is 12.4. The van der Waals surface area contributed by atoms with Crippen molar-refractivity contribution in [2.24, 2.45) is 4.99 Å². The second-order valence-electron chi connectivity index (χ2n) is 8.33. The Kier molecular flexibility index (Phi) is 5.26. The number of aryl methyl sites for hydroxylation is 1. The van der Waals surface area contributed by atoms with Gasteiger partial charge in [-0.15, -0.1) is 11.3 Å². The molecule has 0 saturated carbocycles. The van der Waals surface area contributed by atoms with E-state index in [0.29, 0.717) is 28.5 Å². The second kappa shape index (κ2) is 8.57. The van der Waals surface area contributed by atoms with Crippen molar-refractivity contribution in [1.29, 1.82) is 0 Å². The summed E-state index contributed by atoms with van der Waals surface area (Å²) in [6, 6.07) is 17.8. The minimum absolute atomic E-state index is 0.313. The molecule has 6 nitrogen and oxygen atoms in total. The summed E-state index contributed by atoms with van der Waals surface area (Å²) in [7, 11) is 0. The van der Waals surface area contributed by atoms with Crippen LogP contribution in [0.5, 0.6) is 0 Å². The molecule has 3 heterocycles. The molecule has 0 bridgehead atoms. The molecule has 0 fully saturated rings. The van der Waals surface area contributed by atoms with Gasteiger partial charge >= 0.3 is 5.97 Å². The normalized spacial score (nSPS) is 14.0. The monoisotopic (exact) mass is 469 g/mol. The topological polar surface area (TPSA) is 80.5 Å². The molecule has 0 unspecified atom stereocenters. The van der Waals surface area contributed by atoms with E-state index in [-0.39, 0.29) is 5.97 Å². The Morgan fingerprint density at radius 3 is 2.85 bits per heavy atom. The smallest absolute Gasteiger partial charge is 0.341 e. The van der Waals surface area contributed by atoms with Crippen LogP contribution in [0, 0.1) is 0 Å². The second-order valence-corrected chi connectivity index (χ2v) is 9.41. The Labute approximate surface area is 200 Å². The quantitative estimate of drug-likeness (QED) is 0.312. The lowest BCUT2D eigenvalue weighted by molar-refractivity contribution is 0.0526. The molecule has 1 aliphatic rings. The maximum Gasteiger partial charge on any atom is 0.341 e. The van der Waals surface area contributed by atoms with E-state index in [4.69, 9.17) is 19.1 Å². The van der Waals surface area contributed by atoms with Gasteiger partial charge in [-0.05, 0) is 62.4 Å². The molecule has 7 heteroatoms. The third kappa shape index (κ3) is 3.62. The lowest BCUT2D eigenvalue weighted by Gasteiger charge is -2.11. The van der Waals surface area contributed by atoms with Crippen molar-refractivity contribution in [3.05, 3.63) is 76.2 Å². The van der Waals surface area contributed by atoms with Crippen LogP contribution < -0.4 is 5.55 Å². The summed E-state index contributed by atoms with van der Waals surface area (Å²) in [4.78, 5) is 27.3. The molecular weight excluding hydrogens is 446 g/mol. The number of H-pyrrole nitrogens is 1. The number of aromatic nitrogens is 2. The molecule has 170 valence electrons. The minimum atomic E-state index is -0.313. The fourth-order valence-corrected chi connectivity index (χ4v) is 5.78. The van der Waals surface area contributed by atoms with E-state index < -0.39 is 0 Å². The van der Waals surface area contributed by atoms with E-state index in [1.165, 1.54) is 4.88 Å². The summed E-state index contributed by atoms with van der Waals surface area (Å²) in [6.45, 7) is 2.15. The van der Waals surface area contributed by atoms with Crippen LogP contribution in [0.3, 0.4) is 0 Å². The molecule has 6 rings (SSSR count). The van der Waals surface area contributed by atoms with Gasteiger partial charge in [-0.2, -0.15) is 0 Å². The zero-order chi connectivity index (χ0) is 23.1.